The van der Waals surface area contributed by atoms with Gasteiger partial charge in [0.2, 0.25) is 0 Å². The van der Waals surface area contributed by atoms with E-state index in [2.05, 4.69) is 34.2 Å². The summed E-state index contributed by atoms with van der Waals surface area (Å²) in [5.74, 6) is 0.927. The molecule has 1 unspecified atom stereocenters. The van der Waals surface area contributed by atoms with Crippen molar-refractivity contribution in [3.8, 4) is 11.5 Å². The number of nitrogens with zero attached hydrogens (tertiary/aromatic N) is 3. The Morgan fingerprint density at radius 2 is 2.03 bits per heavy atom. The average Bonchev–Trinajstić information content (AvgIpc) is 3.47. The molecular weight excluding hydrogens is 396 g/mol. The van der Waals surface area contributed by atoms with Gasteiger partial charge in [-0.2, -0.15) is 0 Å². The first-order valence-corrected chi connectivity index (χ1v) is 11.0. The maximum absolute atomic E-state index is 13.3. The second-order valence-corrected chi connectivity index (χ2v) is 7.98. The summed E-state index contributed by atoms with van der Waals surface area (Å²) in [7, 11) is 0. The van der Waals surface area contributed by atoms with Gasteiger partial charge in [0.05, 0.1) is 36.1 Å². The minimum absolute atomic E-state index is 0.157. The number of fused-ring (bicyclic) bond motifs is 1. The molecule has 4 heterocycles. The quantitative estimate of drug-likeness (QED) is 0.587. The molecule has 1 aliphatic rings. The highest BCUT2D eigenvalue weighted by Gasteiger charge is 2.28. The van der Waals surface area contributed by atoms with E-state index in [1.54, 1.807) is 24.5 Å². The maximum Gasteiger partial charge on any atom is 0.259 e. The van der Waals surface area contributed by atoms with Crippen molar-refractivity contribution in [2.45, 2.75) is 39.7 Å². The number of amides is 1. The van der Waals surface area contributed by atoms with Crippen LogP contribution in [-0.2, 0) is 4.74 Å². The van der Waals surface area contributed by atoms with Crippen LogP contribution in [0.25, 0.3) is 22.6 Å². The first-order chi connectivity index (χ1) is 15.1. The molecule has 8 heteroatoms. The van der Waals surface area contributed by atoms with Crippen molar-refractivity contribution in [1.82, 2.24) is 20.4 Å². The lowest BCUT2D eigenvalue weighted by atomic mass is 9.92. The Kier molecular flexibility index (Phi) is 6.67. The highest BCUT2D eigenvalue weighted by molar-refractivity contribution is 6.06. The fraction of sp³-hybridized carbons (Fsp3) is 0.522. The van der Waals surface area contributed by atoms with E-state index in [4.69, 9.17) is 13.7 Å². The number of aromatic nitrogens is 2. The zero-order valence-corrected chi connectivity index (χ0v) is 18.4. The molecule has 1 saturated heterocycles. The maximum atomic E-state index is 13.3. The summed E-state index contributed by atoms with van der Waals surface area (Å²) in [4.78, 5) is 20.3. The van der Waals surface area contributed by atoms with E-state index in [-0.39, 0.29) is 11.9 Å². The Labute approximate surface area is 181 Å². The first kappa shape index (κ1) is 21.5. The van der Waals surface area contributed by atoms with E-state index in [9.17, 15) is 4.79 Å². The minimum Gasteiger partial charge on any atom is -0.463 e. The van der Waals surface area contributed by atoms with Gasteiger partial charge < -0.3 is 19.0 Å². The lowest BCUT2D eigenvalue weighted by molar-refractivity contribution is 0.00191. The van der Waals surface area contributed by atoms with Crippen molar-refractivity contribution in [2.75, 3.05) is 32.8 Å². The van der Waals surface area contributed by atoms with E-state index in [1.807, 2.05) is 6.92 Å². The summed E-state index contributed by atoms with van der Waals surface area (Å²) in [5.41, 5.74) is 2.02. The first-order valence-electron chi connectivity index (χ1n) is 11.0. The highest BCUT2D eigenvalue weighted by Crippen LogP contribution is 2.27. The van der Waals surface area contributed by atoms with Crippen LogP contribution >= 0.6 is 0 Å². The number of hydrogen-bond acceptors (Lipinski definition) is 7. The standard InChI is InChI=1S/C23H30N4O4/c1-4-16(5-2)19(27-8-11-29-12-9-27)14-24-22(28)17-13-18(20-7-6-10-30-20)25-23-21(17)15(3)26-31-23/h6-7,10,13,16,19H,4-5,8-9,11-12,14H2,1-3H3,(H,24,28). The van der Waals surface area contributed by atoms with Crippen LogP contribution in [-0.4, -0.2) is 59.8 Å². The molecule has 1 atom stereocenters. The smallest absolute Gasteiger partial charge is 0.259 e. The molecule has 1 fully saturated rings. The van der Waals surface area contributed by atoms with E-state index in [0.717, 1.165) is 39.1 Å². The Balaban J connectivity index is 1.60. The Hall–Kier alpha value is -2.71. The Morgan fingerprint density at radius 3 is 2.71 bits per heavy atom. The second kappa shape index (κ2) is 9.62. The minimum atomic E-state index is -0.157. The average molecular weight is 427 g/mol. The lowest BCUT2D eigenvalue weighted by Crippen LogP contribution is -2.52. The molecule has 1 amide bonds. The number of rotatable bonds is 8. The van der Waals surface area contributed by atoms with Crippen LogP contribution in [0.4, 0.5) is 0 Å². The molecule has 8 nitrogen and oxygen atoms in total. The number of morpholine rings is 1. The highest BCUT2D eigenvalue weighted by atomic mass is 16.5. The molecule has 0 saturated carbocycles. The van der Waals surface area contributed by atoms with Gasteiger partial charge in [0.1, 0.15) is 5.69 Å². The van der Waals surface area contributed by atoms with Gasteiger partial charge in [-0.05, 0) is 31.0 Å². The number of furan rings is 1. The molecule has 3 aromatic heterocycles. The topological polar surface area (TPSA) is 93.6 Å². The van der Waals surface area contributed by atoms with Crippen LogP contribution in [0.2, 0.25) is 0 Å². The Bertz CT molecular complexity index is 1000. The van der Waals surface area contributed by atoms with E-state index >= 15 is 0 Å². The molecule has 0 spiro atoms. The molecule has 0 bridgehead atoms. The van der Waals surface area contributed by atoms with Crippen molar-refractivity contribution in [1.29, 1.82) is 0 Å². The zero-order chi connectivity index (χ0) is 21.8. The van der Waals surface area contributed by atoms with Crippen LogP contribution in [0.15, 0.2) is 33.4 Å². The molecule has 0 aromatic carbocycles. The number of pyridine rings is 1. The van der Waals surface area contributed by atoms with Crippen molar-refractivity contribution in [3.05, 3.63) is 35.7 Å². The van der Waals surface area contributed by atoms with E-state index in [0.29, 0.717) is 46.3 Å². The van der Waals surface area contributed by atoms with Gasteiger partial charge in [-0.15, -0.1) is 0 Å². The molecule has 1 aliphatic heterocycles. The third-order valence-corrected chi connectivity index (χ3v) is 6.21. The third kappa shape index (κ3) is 4.50. The molecule has 3 aromatic rings. The summed E-state index contributed by atoms with van der Waals surface area (Å²) in [6.07, 6.45) is 3.72. The van der Waals surface area contributed by atoms with Gasteiger partial charge in [0.25, 0.3) is 11.6 Å². The van der Waals surface area contributed by atoms with Crippen molar-refractivity contribution < 1.29 is 18.5 Å². The van der Waals surface area contributed by atoms with Crippen LogP contribution in [0.5, 0.6) is 0 Å². The Morgan fingerprint density at radius 1 is 1.26 bits per heavy atom. The van der Waals surface area contributed by atoms with Crippen LogP contribution in [0, 0.1) is 12.8 Å². The molecule has 4 rings (SSSR count). The molecular formula is C23H30N4O4. The monoisotopic (exact) mass is 426 g/mol. The SMILES string of the molecule is CCC(CC)C(CNC(=O)c1cc(-c2ccco2)nc2onc(C)c12)N1CCOCC1. The molecule has 1 N–H and O–H groups in total. The van der Waals surface area contributed by atoms with E-state index < -0.39 is 0 Å². The summed E-state index contributed by atoms with van der Waals surface area (Å²) in [6.45, 7) is 10.1. The predicted molar refractivity (Wildman–Crippen MR) is 117 cm³/mol. The van der Waals surface area contributed by atoms with Gasteiger partial charge in [-0.25, -0.2) is 4.98 Å². The predicted octanol–water partition coefficient (Wildman–Crippen LogP) is 3.66. The number of carbonyl (C=O) groups is 1. The second-order valence-electron chi connectivity index (χ2n) is 7.98. The van der Waals surface area contributed by atoms with Gasteiger partial charge in [-0.1, -0.05) is 31.8 Å². The van der Waals surface area contributed by atoms with Gasteiger partial charge in [0, 0.05) is 25.7 Å². The largest absolute Gasteiger partial charge is 0.463 e. The number of carbonyl (C=O) groups excluding carboxylic acids is 1. The van der Waals surface area contributed by atoms with Crippen molar-refractivity contribution >= 4 is 17.0 Å². The molecule has 31 heavy (non-hydrogen) atoms. The zero-order valence-electron chi connectivity index (χ0n) is 18.4. The molecule has 0 radical (unpaired) electrons. The summed E-state index contributed by atoms with van der Waals surface area (Å²) >= 11 is 0. The number of hydrogen-bond donors (Lipinski definition) is 1. The van der Waals surface area contributed by atoms with Gasteiger partial charge in [-0.3, -0.25) is 9.69 Å². The van der Waals surface area contributed by atoms with Crippen LogP contribution < -0.4 is 5.32 Å². The van der Waals surface area contributed by atoms with Gasteiger partial charge in [0.15, 0.2) is 5.76 Å². The third-order valence-electron chi connectivity index (χ3n) is 6.21. The molecule has 166 valence electrons. The van der Waals surface area contributed by atoms with Crippen molar-refractivity contribution in [2.24, 2.45) is 5.92 Å². The summed E-state index contributed by atoms with van der Waals surface area (Å²) in [6, 6.07) is 5.62. The lowest BCUT2D eigenvalue weighted by Gasteiger charge is -2.38. The summed E-state index contributed by atoms with van der Waals surface area (Å²) < 4.78 is 16.4. The van der Waals surface area contributed by atoms with Crippen molar-refractivity contribution in [3.63, 3.8) is 0 Å². The molecule has 0 aliphatic carbocycles. The van der Waals surface area contributed by atoms with Crippen LogP contribution in [0.3, 0.4) is 0 Å². The number of nitrogens with one attached hydrogen (secondary N) is 1. The normalized spacial score (nSPS) is 16.1. The van der Waals surface area contributed by atoms with E-state index in [1.165, 1.54) is 0 Å². The summed E-state index contributed by atoms with van der Waals surface area (Å²) in [5, 5.41) is 7.83. The van der Waals surface area contributed by atoms with Crippen LogP contribution in [0.1, 0.15) is 42.7 Å². The fourth-order valence-corrected chi connectivity index (χ4v) is 4.45. The number of aryl methyl sites for hydroxylation is 1. The van der Waals surface area contributed by atoms with Gasteiger partial charge >= 0.3 is 0 Å². The fourth-order valence-electron chi connectivity index (χ4n) is 4.45. The number of ether oxygens (including phenoxy) is 1.